The van der Waals surface area contributed by atoms with E-state index >= 15 is 0 Å². The molecule has 5 nitrogen and oxygen atoms in total. The number of nitrogens with zero attached hydrogens (tertiary/aromatic N) is 2. The fourth-order valence-corrected chi connectivity index (χ4v) is 2.31. The third kappa shape index (κ3) is 5.03. The maximum Gasteiger partial charge on any atom is 0.270 e. The first-order valence-corrected chi connectivity index (χ1v) is 8.31. The van der Waals surface area contributed by atoms with Gasteiger partial charge in [-0.15, -0.1) is 0 Å². The van der Waals surface area contributed by atoms with Crippen LogP contribution in [0.2, 0.25) is 0 Å². The molecule has 0 radical (unpaired) electrons. The van der Waals surface area contributed by atoms with Crippen molar-refractivity contribution in [3.8, 4) is 0 Å². The van der Waals surface area contributed by atoms with Crippen LogP contribution in [0.1, 0.15) is 35.6 Å². The van der Waals surface area contributed by atoms with Crippen molar-refractivity contribution in [2.75, 3.05) is 11.9 Å². The van der Waals surface area contributed by atoms with Crippen LogP contribution in [0.15, 0.2) is 28.7 Å². The number of hydrogen-bond donors (Lipinski definition) is 2. The molecule has 0 fully saturated rings. The summed E-state index contributed by atoms with van der Waals surface area (Å²) in [5.41, 5.74) is 3.12. The number of carbonyl (C=O) groups excluding carboxylic acids is 1. The second-order valence-electron chi connectivity index (χ2n) is 5.91. The van der Waals surface area contributed by atoms with Gasteiger partial charge in [0.25, 0.3) is 5.91 Å². The van der Waals surface area contributed by atoms with E-state index in [0.29, 0.717) is 24.1 Å². The Morgan fingerprint density at radius 1 is 1.22 bits per heavy atom. The van der Waals surface area contributed by atoms with E-state index < -0.39 is 0 Å². The molecule has 0 spiro atoms. The second kappa shape index (κ2) is 7.55. The quantitative estimate of drug-likeness (QED) is 0.827. The molecule has 1 heterocycles. The fourth-order valence-electron chi connectivity index (χ4n) is 1.93. The van der Waals surface area contributed by atoms with Gasteiger partial charge in [0.05, 0.1) is 0 Å². The number of carbonyl (C=O) groups is 1. The van der Waals surface area contributed by atoms with Crippen molar-refractivity contribution >= 4 is 33.5 Å². The Kier molecular flexibility index (Phi) is 5.71. The number of amides is 1. The molecule has 0 unspecified atom stereocenters. The third-order valence-electron chi connectivity index (χ3n) is 3.19. The highest BCUT2D eigenvalue weighted by Crippen LogP contribution is 2.22. The minimum absolute atomic E-state index is 0.183. The van der Waals surface area contributed by atoms with Gasteiger partial charge in [0.2, 0.25) is 5.95 Å². The minimum atomic E-state index is -0.183. The van der Waals surface area contributed by atoms with E-state index in [-0.39, 0.29) is 5.91 Å². The molecule has 6 heteroatoms. The standard InChI is InChI=1S/C17H21BrN4O/c1-10(2)9-19-16(23)15-7-12(4)20-17(22-15)21-13-6-5-11(3)14(18)8-13/h5-8,10H,9H2,1-4H3,(H,19,23)(H,20,21,22). The van der Waals surface area contributed by atoms with E-state index in [4.69, 9.17) is 0 Å². The minimum Gasteiger partial charge on any atom is -0.350 e. The normalized spacial score (nSPS) is 10.7. The fraction of sp³-hybridized carbons (Fsp3) is 0.353. The zero-order valence-electron chi connectivity index (χ0n) is 13.8. The monoisotopic (exact) mass is 376 g/mol. The number of anilines is 2. The molecule has 1 amide bonds. The van der Waals surface area contributed by atoms with Crippen molar-refractivity contribution in [2.45, 2.75) is 27.7 Å². The number of nitrogens with one attached hydrogen (secondary N) is 2. The Hall–Kier alpha value is -1.95. The Bertz CT molecular complexity index is 716. The Morgan fingerprint density at radius 2 is 1.96 bits per heavy atom. The van der Waals surface area contributed by atoms with Crippen LogP contribution in [-0.2, 0) is 0 Å². The molecule has 0 atom stereocenters. The molecule has 0 saturated heterocycles. The van der Waals surface area contributed by atoms with Crippen molar-refractivity contribution in [3.05, 3.63) is 45.7 Å². The first-order valence-electron chi connectivity index (χ1n) is 7.52. The van der Waals surface area contributed by atoms with Gasteiger partial charge in [0.1, 0.15) is 5.69 Å². The summed E-state index contributed by atoms with van der Waals surface area (Å²) < 4.78 is 1.00. The van der Waals surface area contributed by atoms with Crippen molar-refractivity contribution in [1.29, 1.82) is 0 Å². The van der Waals surface area contributed by atoms with Crippen LogP contribution >= 0.6 is 15.9 Å². The van der Waals surface area contributed by atoms with Gasteiger partial charge < -0.3 is 10.6 Å². The predicted octanol–water partition coefficient (Wildman–Crippen LogP) is 3.99. The summed E-state index contributed by atoms with van der Waals surface area (Å²) in [4.78, 5) is 20.8. The molecule has 1 aromatic carbocycles. The maximum absolute atomic E-state index is 12.2. The summed E-state index contributed by atoms with van der Waals surface area (Å²) in [6.07, 6.45) is 0. The van der Waals surface area contributed by atoms with Gasteiger partial charge >= 0.3 is 0 Å². The topological polar surface area (TPSA) is 66.9 Å². The highest BCUT2D eigenvalue weighted by atomic mass is 79.9. The molecule has 2 aromatic rings. The predicted molar refractivity (Wildman–Crippen MR) is 96.1 cm³/mol. The lowest BCUT2D eigenvalue weighted by Gasteiger charge is -2.10. The first kappa shape index (κ1) is 17.4. The van der Waals surface area contributed by atoms with Gasteiger partial charge in [-0.05, 0) is 43.5 Å². The average molecular weight is 377 g/mol. The Labute approximate surface area is 145 Å². The van der Waals surface area contributed by atoms with E-state index in [9.17, 15) is 4.79 Å². The van der Waals surface area contributed by atoms with Crippen LogP contribution in [0.3, 0.4) is 0 Å². The highest BCUT2D eigenvalue weighted by Gasteiger charge is 2.11. The number of halogens is 1. The molecule has 0 aliphatic rings. The van der Waals surface area contributed by atoms with Gasteiger partial charge in [-0.25, -0.2) is 9.97 Å². The zero-order chi connectivity index (χ0) is 17.0. The van der Waals surface area contributed by atoms with E-state index in [0.717, 1.165) is 21.4 Å². The molecule has 2 N–H and O–H groups in total. The number of rotatable bonds is 5. The summed E-state index contributed by atoms with van der Waals surface area (Å²) >= 11 is 3.50. The largest absolute Gasteiger partial charge is 0.350 e. The van der Waals surface area contributed by atoms with Gasteiger partial charge in [0, 0.05) is 22.4 Å². The molecule has 23 heavy (non-hydrogen) atoms. The Balaban J connectivity index is 2.19. The van der Waals surface area contributed by atoms with Crippen molar-refractivity contribution in [2.24, 2.45) is 5.92 Å². The van der Waals surface area contributed by atoms with Crippen molar-refractivity contribution in [3.63, 3.8) is 0 Å². The number of benzene rings is 1. The number of aryl methyl sites for hydroxylation is 2. The third-order valence-corrected chi connectivity index (χ3v) is 4.04. The van der Waals surface area contributed by atoms with Crippen LogP contribution < -0.4 is 10.6 Å². The van der Waals surface area contributed by atoms with Crippen LogP contribution in [0.4, 0.5) is 11.6 Å². The van der Waals surface area contributed by atoms with Crippen molar-refractivity contribution < 1.29 is 4.79 Å². The smallest absolute Gasteiger partial charge is 0.270 e. The SMILES string of the molecule is Cc1cc(C(=O)NCC(C)C)nc(Nc2ccc(C)c(Br)c2)n1. The van der Waals surface area contributed by atoms with E-state index in [2.05, 4.69) is 36.5 Å². The number of hydrogen-bond acceptors (Lipinski definition) is 4. The molecule has 0 aliphatic carbocycles. The van der Waals surface area contributed by atoms with E-state index in [1.165, 1.54) is 0 Å². The molecule has 2 rings (SSSR count). The summed E-state index contributed by atoms with van der Waals surface area (Å²) in [5.74, 6) is 0.622. The molecule has 0 aliphatic heterocycles. The van der Waals surface area contributed by atoms with Crippen LogP contribution in [0.25, 0.3) is 0 Å². The molecule has 0 bridgehead atoms. The lowest BCUT2D eigenvalue weighted by atomic mass is 10.2. The van der Waals surface area contributed by atoms with Gasteiger partial charge in [-0.1, -0.05) is 35.8 Å². The summed E-state index contributed by atoms with van der Waals surface area (Å²) in [6, 6.07) is 7.59. The maximum atomic E-state index is 12.2. The van der Waals surface area contributed by atoms with Gasteiger partial charge in [-0.3, -0.25) is 4.79 Å². The average Bonchev–Trinajstić information content (AvgIpc) is 2.48. The highest BCUT2D eigenvalue weighted by molar-refractivity contribution is 9.10. The first-order chi connectivity index (χ1) is 10.8. The zero-order valence-corrected chi connectivity index (χ0v) is 15.4. The molecular weight excluding hydrogens is 356 g/mol. The molecular formula is C17H21BrN4O. The van der Waals surface area contributed by atoms with Crippen LogP contribution in [-0.4, -0.2) is 22.4 Å². The molecule has 1 aromatic heterocycles. The van der Waals surface area contributed by atoms with E-state index in [1.807, 2.05) is 45.9 Å². The second-order valence-corrected chi connectivity index (χ2v) is 6.77. The van der Waals surface area contributed by atoms with Crippen molar-refractivity contribution in [1.82, 2.24) is 15.3 Å². The summed E-state index contributed by atoms with van der Waals surface area (Å²) in [6.45, 7) is 8.59. The lowest BCUT2D eigenvalue weighted by molar-refractivity contribution is 0.0944. The van der Waals surface area contributed by atoms with Crippen LogP contribution in [0.5, 0.6) is 0 Å². The molecule has 0 saturated carbocycles. The summed E-state index contributed by atoms with van der Waals surface area (Å²) in [5, 5.41) is 6.01. The van der Waals surface area contributed by atoms with Crippen LogP contribution in [0, 0.1) is 19.8 Å². The Morgan fingerprint density at radius 3 is 2.61 bits per heavy atom. The molecule has 122 valence electrons. The van der Waals surface area contributed by atoms with Gasteiger partial charge in [-0.2, -0.15) is 0 Å². The summed E-state index contributed by atoms with van der Waals surface area (Å²) in [7, 11) is 0. The lowest BCUT2D eigenvalue weighted by Crippen LogP contribution is -2.28. The van der Waals surface area contributed by atoms with Gasteiger partial charge in [0.15, 0.2) is 0 Å². The van der Waals surface area contributed by atoms with E-state index in [1.54, 1.807) is 6.07 Å². The number of aromatic nitrogens is 2.